The fourth-order valence-corrected chi connectivity index (χ4v) is 2.78. The summed E-state index contributed by atoms with van der Waals surface area (Å²) >= 11 is 0. The predicted octanol–water partition coefficient (Wildman–Crippen LogP) is 5.12. The molecule has 132 valence electrons. The van der Waals surface area contributed by atoms with Crippen LogP contribution in [0.2, 0.25) is 0 Å². The summed E-state index contributed by atoms with van der Waals surface area (Å²) in [5.41, 5.74) is 5.48. The van der Waals surface area contributed by atoms with Gasteiger partial charge < -0.3 is 10.6 Å². The maximum absolute atomic E-state index is 12.6. The fraction of sp³-hybridized carbons (Fsp3) is 0.182. The van der Waals surface area contributed by atoms with E-state index in [4.69, 9.17) is 0 Å². The number of carbonyl (C=O) groups is 1. The van der Waals surface area contributed by atoms with E-state index in [1.165, 1.54) is 5.56 Å². The van der Waals surface area contributed by atoms with Gasteiger partial charge >= 0.3 is 0 Å². The molecule has 4 heteroatoms. The zero-order valence-electron chi connectivity index (χ0n) is 15.3. The summed E-state index contributed by atoms with van der Waals surface area (Å²) in [6.07, 6.45) is 3.31. The smallest absolute Gasteiger partial charge is 0.257 e. The van der Waals surface area contributed by atoms with Crippen LogP contribution >= 0.6 is 0 Å². The monoisotopic (exact) mass is 345 g/mol. The second kappa shape index (κ2) is 7.83. The van der Waals surface area contributed by atoms with Crippen LogP contribution in [0.25, 0.3) is 0 Å². The molecule has 0 saturated carbocycles. The summed E-state index contributed by atoms with van der Waals surface area (Å²) in [5, 5.41) is 6.37. The van der Waals surface area contributed by atoms with Crippen molar-refractivity contribution in [2.45, 2.75) is 26.8 Å². The van der Waals surface area contributed by atoms with Crippen LogP contribution in [0.5, 0.6) is 0 Å². The Bertz CT molecular complexity index is 906. The molecule has 2 N–H and O–H groups in total. The quantitative estimate of drug-likeness (QED) is 0.674. The number of amides is 1. The Morgan fingerprint density at radius 1 is 1.00 bits per heavy atom. The van der Waals surface area contributed by atoms with Gasteiger partial charge in [-0.15, -0.1) is 0 Å². The van der Waals surface area contributed by atoms with E-state index in [9.17, 15) is 4.79 Å². The van der Waals surface area contributed by atoms with Crippen LogP contribution in [-0.2, 0) is 0 Å². The first-order chi connectivity index (χ1) is 12.5. The van der Waals surface area contributed by atoms with Crippen molar-refractivity contribution < 1.29 is 4.79 Å². The predicted molar refractivity (Wildman–Crippen MR) is 107 cm³/mol. The van der Waals surface area contributed by atoms with Crippen molar-refractivity contribution >= 4 is 17.3 Å². The van der Waals surface area contributed by atoms with Gasteiger partial charge in [-0.05, 0) is 49.6 Å². The number of carbonyl (C=O) groups excluding carboxylic acids is 1. The van der Waals surface area contributed by atoms with Gasteiger partial charge in [0.2, 0.25) is 0 Å². The standard InChI is InChI=1S/C22H23N3O/c1-15-9-10-16(2)21(11-15)25-22(26)19-12-20(14-23-13-19)24-17(3)18-7-5-4-6-8-18/h4-14,17,24H,1-3H3,(H,25,26). The van der Waals surface area contributed by atoms with Crippen LogP contribution in [0.3, 0.4) is 0 Å². The molecule has 1 atom stereocenters. The molecule has 0 radical (unpaired) electrons. The molecule has 0 fully saturated rings. The molecule has 3 rings (SSSR count). The molecule has 26 heavy (non-hydrogen) atoms. The van der Waals surface area contributed by atoms with Crippen LogP contribution in [0, 0.1) is 13.8 Å². The van der Waals surface area contributed by atoms with Crippen LogP contribution in [0.1, 0.15) is 40.0 Å². The molecule has 0 bridgehead atoms. The molecule has 0 spiro atoms. The summed E-state index contributed by atoms with van der Waals surface area (Å²) in [6, 6.07) is 18.1. The largest absolute Gasteiger partial charge is 0.377 e. The Labute approximate surface area is 154 Å². The van der Waals surface area contributed by atoms with Crippen molar-refractivity contribution in [3.05, 3.63) is 89.2 Å². The molecule has 0 aliphatic carbocycles. The number of nitrogens with one attached hydrogen (secondary N) is 2. The number of nitrogens with zero attached hydrogens (tertiary/aromatic N) is 1. The molecule has 1 unspecified atom stereocenters. The number of hydrogen-bond acceptors (Lipinski definition) is 3. The maximum Gasteiger partial charge on any atom is 0.257 e. The Hall–Kier alpha value is -3.14. The first kappa shape index (κ1) is 17.7. The summed E-state index contributed by atoms with van der Waals surface area (Å²) in [5.74, 6) is -0.165. The number of benzene rings is 2. The minimum Gasteiger partial charge on any atom is -0.377 e. The number of aromatic nitrogens is 1. The Morgan fingerprint density at radius 3 is 2.54 bits per heavy atom. The first-order valence-electron chi connectivity index (χ1n) is 8.68. The number of aryl methyl sites for hydroxylation is 2. The number of anilines is 2. The molecule has 2 aromatic carbocycles. The van der Waals surface area contributed by atoms with Gasteiger partial charge in [-0.2, -0.15) is 0 Å². The zero-order valence-corrected chi connectivity index (χ0v) is 15.3. The average Bonchev–Trinajstić information content (AvgIpc) is 2.65. The van der Waals surface area contributed by atoms with Crippen LogP contribution in [-0.4, -0.2) is 10.9 Å². The molecule has 4 nitrogen and oxygen atoms in total. The lowest BCUT2D eigenvalue weighted by atomic mass is 10.1. The second-order valence-electron chi connectivity index (χ2n) is 6.51. The van der Waals surface area contributed by atoms with Gasteiger partial charge in [0.25, 0.3) is 5.91 Å². The van der Waals surface area contributed by atoms with E-state index >= 15 is 0 Å². The topological polar surface area (TPSA) is 54.0 Å². The molecular weight excluding hydrogens is 322 g/mol. The van der Waals surface area contributed by atoms with Gasteiger partial charge in [0.15, 0.2) is 0 Å². The first-order valence-corrected chi connectivity index (χ1v) is 8.68. The highest BCUT2D eigenvalue weighted by atomic mass is 16.1. The van der Waals surface area contributed by atoms with Crippen LogP contribution < -0.4 is 10.6 Å². The molecule has 0 aliphatic rings. The molecule has 1 aromatic heterocycles. The van der Waals surface area contributed by atoms with Crippen molar-refractivity contribution in [2.24, 2.45) is 0 Å². The van der Waals surface area contributed by atoms with Crippen molar-refractivity contribution in [3.8, 4) is 0 Å². The van der Waals surface area contributed by atoms with E-state index in [0.29, 0.717) is 5.56 Å². The highest BCUT2D eigenvalue weighted by molar-refractivity contribution is 6.05. The highest BCUT2D eigenvalue weighted by Gasteiger charge is 2.11. The molecule has 0 aliphatic heterocycles. The van der Waals surface area contributed by atoms with Gasteiger partial charge in [-0.1, -0.05) is 42.5 Å². The van der Waals surface area contributed by atoms with Gasteiger partial charge in [-0.3, -0.25) is 9.78 Å². The van der Waals surface area contributed by atoms with E-state index in [0.717, 1.165) is 22.5 Å². The van der Waals surface area contributed by atoms with E-state index in [-0.39, 0.29) is 11.9 Å². The van der Waals surface area contributed by atoms with Gasteiger partial charge in [0.1, 0.15) is 0 Å². The van der Waals surface area contributed by atoms with E-state index in [1.54, 1.807) is 12.4 Å². The average molecular weight is 345 g/mol. The maximum atomic E-state index is 12.6. The van der Waals surface area contributed by atoms with E-state index in [1.807, 2.05) is 56.3 Å². The third-order valence-electron chi connectivity index (χ3n) is 4.32. The van der Waals surface area contributed by atoms with Crippen molar-refractivity contribution in [1.29, 1.82) is 0 Å². The van der Waals surface area contributed by atoms with E-state index in [2.05, 4.69) is 34.7 Å². The lowest BCUT2D eigenvalue weighted by Crippen LogP contribution is -2.14. The summed E-state index contributed by atoms with van der Waals surface area (Å²) in [6.45, 7) is 6.07. The third-order valence-corrected chi connectivity index (χ3v) is 4.32. The van der Waals surface area contributed by atoms with Gasteiger partial charge in [0, 0.05) is 24.1 Å². The Kier molecular flexibility index (Phi) is 5.32. The van der Waals surface area contributed by atoms with Gasteiger partial charge in [-0.25, -0.2) is 0 Å². The summed E-state index contributed by atoms with van der Waals surface area (Å²) < 4.78 is 0. The normalized spacial score (nSPS) is 11.7. The third kappa shape index (κ3) is 4.28. The van der Waals surface area contributed by atoms with E-state index < -0.39 is 0 Å². The SMILES string of the molecule is Cc1ccc(C)c(NC(=O)c2cncc(NC(C)c3ccccc3)c2)c1. The minimum absolute atomic E-state index is 0.121. The van der Waals surface area contributed by atoms with Crippen molar-refractivity contribution in [3.63, 3.8) is 0 Å². The molecular formula is C22H23N3O. The zero-order chi connectivity index (χ0) is 18.5. The summed E-state index contributed by atoms with van der Waals surface area (Å²) in [4.78, 5) is 16.8. The van der Waals surface area contributed by atoms with Crippen LogP contribution in [0.4, 0.5) is 11.4 Å². The minimum atomic E-state index is -0.165. The molecule has 1 amide bonds. The van der Waals surface area contributed by atoms with Crippen molar-refractivity contribution in [1.82, 2.24) is 4.98 Å². The Balaban J connectivity index is 1.74. The molecule has 3 aromatic rings. The summed E-state index contributed by atoms with van der Waals surface area (Å²) in [7, 11) is 0. The highest BCUT2D eigenvalue weighted by Crippen LogP contribution is 2.21. The number of hydrogen-bond donors (Lipinski definition) is 2. The lowest BCUT2D eigenvalue weighted by molar-refractivity contribution is 0.102. The van der Waals surface area contributed by atoms with Crippen molar-refractivity contribution in [2.75, 3.05) is 10.6 Å². The molecule has 1 heterocycles. The Morgan fingerprint density at radius 2 is 1.77 bits per heavy atom. The van der Waals surface area contributed by atoms with Gasteiger partial charge in [0.05, 0.1) is 11.3 Å². The fourth-order valence-electron chi connectivity index (χ4n) is 2.78. The molecule has 0 saturated heterocycles. The lowest BCUT2D eigenvalue weighted by Gasteiger charge is -2.16. The number of rotatable bonds is 5. The van der Waals surface area contributed by atoms with Crippen LogP contribution in [0.15, 0.2) is 67.0 Å². The second-order valence-corrected chi connectivity index (χ2v) is 6.51. The number of pyridine rings is 1.